The van der Waals surface area contributed by atoms with Crippen LogP contribution in [0.4, 0.5) is 0 Å². The fourth-order valence-corrected chi connectivity index (χ4v) is 2.70. The van der Waals surface area contributed by atoms with Gasteiger partial charge in [-0.3, -0.25) is 0 Å². The molecule has 2 atom stereocenters. The Morgan fingerprint density at radius 2 is 2.25 bits per heavy atom. The first-order valence-electron chi connectivity index (χ1n) is 6.37. The number of rotatable bonds is 1. The molecule has 1 saturated heterocycles. The summed E-state index contributed by atoms with van der Waals surface area (Å²) in [7, 11) is 0. The Labute approximate surface area is 96.0 Å². The third kappa shape index (κ3) is 1.75. The van der Waals surface area contributed by atoms with Crippen molar-refractivity contribution in [3.05, 3.63) is 11.6 Å². The van der Waals surface area contributed by atoms with Crippen molar-refractivity contribution in [1.29, 1.82) is 0 Å². The maximum Gasteiger partial charge on any atom is 0.156 e. The zero-order chi connectivity index (χ0) is 11.0. The van der Waals surface area contributed by atoms with Crippen molar-refractivity contribution < 1.29 is 4.74 Å². The number of aromatic nitrogens is 3. The molecule has 0 N–H and O–H groups in total. The minimum absolute atomic E-state index is 0.430. The van der Waals surface area contributed by atoms with Gasteiger partial charge in [-0.25, -0.2) is 9.67 Å². The van der Waals surface area contributed by atoms with Crippen LogP contribution in [0.1, 0.15) is 56.1 Å². The maximum atomic E-state index is 5.51. The van der Waals surface area contributed by atoms with Gasteiger partial charge in [0.05, 0.1) is 6.61 Å². The Morgan fingerprint density at radius 3 is 3.00 bits per heavy atom. The minimum atomic E-state index is 0.430. The summed E-state index contributed by atoms with van der Waals surface area (Å²) < 4.78 is 7.62. The maximum absolute atomic E-state index is 5.51. The van der Waals surface area contributed by atoms with Gasteiger partial charge >= 0.3 is 0 Å². The van der Waals surface area contributed by atoms with E-state index in [0.29, 0.717) is 11.8 Å². The Hall–Kier alpha value is -0.900. The van der Waals surface area contributed by atoms with E-state index in [0.717, 1.165) is 32.0 Å². The summed E-state index contributed by atoms with van der Waals surface area (Å²) in [6.45, 7) is 5.00. The molecule has 0 aromatic carbocycles. The van der Waals surface area contributed by atoms with Gasteiger partial charge in [0.15, 0.2) is 5.82 Å². The van der Waals surface area contributed by atoms with Crippen LogP contribution in [0.5, 0.6) is 0 Å². The summed E-state index contributed by atoms with van der Waals surface area (Å²) in [6, 6.07) is 0. The third-order valence-electron chi connectivity index (χ3n) is 3.69. The molecule has 16 heavy (non-hydrogen) atoms. The van der Waals surface area contributed by atoms with E-state index in [9.17, 15) is 0 Å². The molecule has 2 unspecified atom stereocenters. The zero-order valence-corrected chi connectivity index (χ0v) is 9.85. The fraction of sp³-hybridized carbons (Fsp3) is 0.833. The topological polar surface area (TPSA) is 39.9 Å². The van der Waals surface area contributed by atoms with Crippen LogP contribution in [0.3, 0.4) is 0 Å². The molecule has 4 heteroatoms. The standard InChI is InChI=1S/C12H19N3O/c1-9-4-2-6-15-12(9)13-11(14-15)10-5-3-7-16-8-10/h9-10H,2-8H2,1H3. The van der Waals surface area contributed by atoms with E-state index >= 15 is 0 Å². The number of aryl methyl sites for hydroxylation is 1. The van der Waals surface area contributed by atoms with Crippen LogP contribution in [-0.2, 0) is 11.3 Å². The first-order valence-corrected chi connectivity index (χ1v) is 6.37. The highest BCUT2D eigenvalue weighted by Crippen LogP contribution is 2.28. The molecule has 3 heterocycles. The Bertz CT molecular complexity index is 368. The predicted octanol–water partition coefficient (Wildman–Crippen LogP) is 2.07. The molecule has 2 aliphatic rings. The van der Waals surface area contributed by atoms with Gasteiger partial charge in [0.2, 0.25) is 0 Å². The largest absolute Gasteiger partial charge is 0.381 e. The SMILES string of the molecule is CC1CCCn2nc(C3CCCOC3)nc21. The second kappa shape index (κ2) is 4.17. The van der Waals surface area contributed by atoms with Gasteiger partial charge in [0.1, 0.15) is 5.82 Å². The molecule has 0 aliphatic carbocycles. The molecule has 0 bridgehead atoms. The molecule has 0 saturated carbocycles. The molecule has 1 aromatic rings. The first kappa shape index (κ1) is 10.3. The van der Waals surface area contributed by atoms with E-state index in [1.165, 1.54) is 25.1 Å². The number of hydrogen-bond acceptors (Lipinski definition) is 3. The Morgan fingerprint density at radius 1 is 1.31 bits per heavy atom. The van der Waals surface area contributed by atoms with Gasteiger partial charge in [-0.1, -0.05) is 6.92 Å². The molecule has 2 aliphatic heterocycles. The lowest BCUT2D eigenvalue weighted by Crippen LogP contribution is -2.17. The highest BCUT2D eigenvalue weighted by atomic mass is 16.5. The summed E-state index contributed by atoms with van der Waals surface area (Å²) >= 11 is 0. The average molecular weight is 221 g/mol. The van der Waals surface area contributed by atoms with Crippen LogP contribution in [0, 0.1) is 0 Å². The lowest BCUT2D eigenvalue weighted by atomic mass is 10.0. The Kier molecular flexibility index (Phi) is 2.67. The van der Waals surface area contributed by atoms with Crippen LogP contribution < -0.4 is 0 Å². The number of ether oxygens (including phenoxy) is 1. The van der Waals surface area contributed by atoms with Crippen LogP contribution in [0.15, 0.2) is 0 Å². The fourth-order valence-electron chi connectivity index (χ4n) is 2.70. The number of hydrogen-bond donors (Lipinski definition) is 0. The summed E-state index contributed by atoms with van der Waals surface area (Å²) in [5.41, 5.74) is 0. The molecular weight excluding hydrogens is 202 g/mol. The number of fused-ring (bicyclic) bond motifs is 1. The zero-order valence-electron chi connectivity index (χ0n) is 9.85. The van der Waals surface area contributed by atoms with Crippen molar-refractivity contribution in [2.45, 2.75) is 51.0 Å². The molecule has 3 rings (SSSR count). The second-order valence-electron chi connectivity index (χ2n) is 5.01. The molecule has 0 radical (unpaired) electrons. The van der Waals surface area contributed by atoms with E-state index in [-0.39, 0.29) is 0 Å². The van der Waals surface area contributed by atoms with Crippen molar-refractivity contribution >= 4 is 0 Å². The Balaban J connectivity index is 1.85. The average Bonchev–Trinajstić information content (AvgIpc) is 2.76. The molecule has 1 aromatic heterocycles. The van der Waals surface area contributed by atoms with Gasteiger partial charge in [-0.05, 0) is 25.7 Å². The molecule has 88 valence electrons. The first-order chi connectivity index (χ1) is 7.84. The highest BCUT2D eigenvalue weighted by molar-refractivity contribution is 5.05. The predicted molar refractivity (Wildman–Crippen MR) is 60.5 cm³/mol. The van der Waals surface area contributed by atoms with E-state index in [1.807, 2.05) is 0 Å². The van der Waals surface area contributed by atoms with Crippen molar-refractivity contribution in [1.82, 2.24) is 14.8 Å². The van der Waals surface area contributed by atoms with Crippen LogP contribution in [0.25, 0.3) is 0 Å². The molecule has 1 fully saturated rings. The van der Waals surface area contributed by atoms with Crippen molar-refractivity contribution in [2.75, 3.05) is 13.2 Å². The van der Waals surface area contributed by atoms with Gasteiger partial charge in [0.25, 0.3) is 0 Å². The van der Waals surface area contributed by atoms with Crippen LogP contribution in [-0.4, -0.2) is 28.0 Å². The van der Waals surface area contributed by atoms with E-state index in [2.05, 4.69) is 16.7 Å². The van der Waals surface area contributed by atoms with Crippen LogP contribution in [0.2, 0.25) is 0 Å². The smallest absolute Gasteiger partial charge is 0.156 e. The van der Waals surface area contributed by atoms with Crippen molar-refractivity contribution in [3.8, 4) is 0 Å². The minimum Gasteiger partial charge on any atom is -0.381 e. The highest BCUT2D eigenvalue weighted by Gasteiger charge is 2.25. The number of nitrogens with zero attached hydrogens (tertiary/aromatic N) is 3. The second-order valence-corrected chi connectivity index (χ2v) is 5.01. The van der Waals surface area contributed by atoms with E-state index < -0.39 is 0 Å². The molecular formula is C12H19N3O. The monoisotopic (exact) mass is 221 g/mol. The summed E-state index contributed by atoms with van der Waals surface area (Å²) in [6.07, 6.45) is 4.80. The molecule has 0 amide bonds. The van der Waals surface area contributed by atoms with Gasteiger partial charge < -0.3 is 4.74 Å². The van der Waals surface area contributed by atoms with Gasteiger partial charge in [-0.2, -0.15) is 5.10 Å². The lowest BCUT2D eigenvalue weighted by molar-refractivity contribution is 0.0780. The lowest BCUT2D eigenvalue weighted by Gasteiger charge is -2.18. The molecule has 4 nitrogen and oxygen atoms in total. The van der Waals surface area contributed by atoms with E-state index in [4.69, 9.17) is 9.72 Å². The third-order valence-corrected chi connectivity index (χ3v) is 3.69. The van der Waals surface area contributed by atoms with Crippen molar-refractivity contribution in [3.63, 3.8) is 0 Å². The quantitative estimate of drug-likeness (QED) is 0.729. The molecule has 0 spiro atoms. The summed E-state index contributed by atoms with van der Waals surface area (Å²) in [4.78, 5) is 4.73. The van der Waals surface area contributed by atoms with Gasteiger partial charge in [0, 0.05) is 25.0 Å². The van der Waals surface area contributed by atoms with Crippen LogP contribution >= 0.6 is 0 Å². The van der Waals surface area contributed by atoms with Gasteiger partial charge in [-0.15, -0.1) is 0 Å². The summed E-state index contributed by atoms with van der Waals surface area (Å²) in [5, 5.41) is 4.65. The van der Waals surface area contributed by atoms with E-state index in [1.54, 1.807) is 0 Å². The normalized spacial score (nSPS) is 30.1. The summed E-state index contributed by atoms with van der Waals surface area (Å²) in [5.74, 6) is 3.20. The van der Waals surface area contributed by atoms with Crippen molar-refractivity contribution in [2.24, 2.45) is 0 Å².